The minimum atomic E-state index is 0.00875. The van der Waals surface area contributed by atoms with Gasteiger partial charge in [-0.3, -0.25) is 9.59 Å². The van der Waals surface area contributed by atoms with E-state index >= 15 is 0 Å². The van der Waals surface area contributed by atoms with Crippen LogP contribution < -0.4 is 5.32 Å². The molecule has 0 atom stereocenters. The summed E-state index contributed by atoms with van der Waals surface area (Å²) in [5.41, 5.74) is 0. The lowest BCUT2D eigenvalue weighted by Gasteiger charge is -2.08. The van der Waals surface area contributed by atoms with Gasteiger partial charge in [0.1, 0.15) is 6.61 Å². The highest BCUT2D eigenvalue weighted by molar-refractivity contribution is 5.81. The van der Waals surface area contributed by atoms with Gasteiger partial charge in [0, 0.05) is 18.9 Å². The van der Waals surface area contributed by atoms with Gasteiger partial charge in [-0.05, 0) is 0 Å². The van der Waals surface area contributed by atoms with E-state index in [0.29, 0.717) is 59.2 Å². The lowest BCUT2D eigenvalue weighted by Crippen LogP contribution is -2.26. The van der Waals surface area contributed by atoms with Gasteiger partial charge in [-0.2, -0.15) is 0 Å². The Morgan fingerprint density at radius 1 is 0.826 bits per heavy atom. The molecule has 0 radical (unpaired) electrons. The van der Waals surface area contributed by atoms with Crippen molar-refractivity contribution in [3.8, 4) is 0 Å². The molecule has 0 spiro atoms. The molecule has 0 aliphatic heterocycles. The molecule has 23 heavy (non-hydrogen) atoms. The highest BCUT2D eigenvalue weighted by atomic mass is 16.6. The van der Waals surface area contributed by atoms with E-state index in [-0.39, 0.29) is 24.2 Å². The number of carbonyl (C=O) groups excluding carboxylic acids is 2. The first-order valence-corrected chi connectivity index (χ1v) is 8.18. The maximum absolute atomic E-state index is 11.3. The van der Waals surface area contributed by atoms with E-state index in [1.807, 2.05) is 20.8 Å². The Morgan fingerprint density at radius 3 is 1.78 bits per heavy atom. The summed E-state index contributed by atoms with van der Waals surface area (Å²) in [6.45, 7) is 9.47. The summed E-state index contributed by atoms with van der Waals surface area (Å²) in [6.07, 6.45) is 0.488. The summed E-state index contributed by atoms with van der Waals surface area (Å²) in [5, 5.41) is 2.72. The van der Waals surface area contributed by atoms with Crippen LogP contribution in [0.5, 0.6) is 0 Å². The van der Waals surface area contributed by atoms with E-state index in [0.717, 1.165) is 0 Å². The molecule has 0 rings (SSSR count). The van der Waals surface area contributed by atoms with Crippen LogP contribution in [0.2, 0.25) is 0 Å². The second kappa shape index (κ2) is 15.9. The first-order valence-electron chi connectivity index (χ1n) is 8.18. The van der Waals surface area contributed by atoms with Crippen molar-refractivity contribution in [1.29, 1.82) is 0 Å². The molecule has 0 fully saturated rings. The fourth-order valence-corrected chi connectivity index (χ4v) is 1.39. The largest absolute Gasteiger partial charge is 0.377 e. The topological polar surface area (TPSA) is 83.1 Å². The van der Waals surface area contributed by atoms with Crippen molar-refractivity contribution in [2.75, 3.05) is 59.4 Å². The van der Waals surface area contributed by atoms with E-state index in [9.17, 15) is 9.59 Å². The first-order chi connectivity index (χ1) is 11.1. The molecule has 136 valence electrons. The summed E-state index contributed by atoms with van der Waals surface area (Å²) in [7, 11) is 0. The molecular formula is C16H31NO6. The van der Waals surface area contributed by atoms with E-state index in [1.54, 1.807) is 0 Å². The second-order valence-corrected chi connectivity index (χ2v) is 5.21. The highest BCUT2D eigenvalue weighted by Crippen LogP contribution is 1.94. The van der Waals surface area contributed by atoms with Gasteiger partial charge >= 0.3 is 0 Å². The van der Waals surface area contributed by atoms with Gasteiger partial charge < -0.3 is 24.3 Å². The van der Waals surface area contributed by atoms with E-state index < -0.39 is 0 Å². The van der Waals surface area contributed by atoms with Gasteiger partial charge in [0.05, 0.1) is 46.2 Å². The lowest BCUT2D eigenvalue weighted by atomic mass is 10.1. The molecular weight excluding hydrogens is 302 g/mol. The third kappa shape index (κ3) is 15.6. The van der Waals surface area contributed by atoms with Gasteiger partial charge in [0.25, 0.3) is 0 Å². The van der Waals surface area contributed by atoms with Crippen LogP contribution in [0.4, 0.5) is 0 Å². The zero-order chi connectivity index (χ0) is 17.3. The van der Waals surface area contributed by atoms with Crippen LogP contribution in [-0.4, -0.2) is 71.1 Å². The minimum Gasteiger partial charge on any atom is -0.377 e. The van der Waals surface area contributed by atoms with Crippen molar-refractivity contribution in [3.05, 3.63) is 0 Å². The first kappa shape index (κ1) is 22.0. The molecule has 0 heterocycles. The van der Waals surface area contributed by atoms with E-state index in [2.05, 4.69) is 5.32 Å². The number of ether oxygens (including phenoxy) is 4. The molecule has 0 saturated carbocycles. The monoisotopic (exact) mass is 333 g/mol. The fourth-order valence-electron chi connectivity index (χ4n) is 1.39. The molecule has 0 saturated heterocycles. The molecule has 1 N–H and O–H groups in total. The molecule has 0 aromatic heterocycles. The lowest BCUT2D eigenvalue weighted by molar-refractivity contribution is -0.127. The van der Waals surface area contributed by atoms with Crippen LogP contribution in [0.15, 0.2) is 0 Å². The highest BCUT2D eigenvalue weighted by Gasteiger charge is 2.06. The third-order valence-electron chi connectivity index (χ3n) is 2.89. The Kier molecular flexibility index (Phi) is 15.2. The molecule has 0 unspecified atom stereocenters. The smallest absolute Gasteiger partial charge is 0.219 e. The summed E-state index contributed by atoms with van der Waals surface area (Å²) >= 11 is 0. The SMILES string of the molecule is CCC(=O)NCCOCCOCCOCCOCC(=O)C(C)C. The Morgan fingerprint density at radius 2 is 1.30 bits per heavy atom. The second-order valence-electron chi connectivity index (χ2n) is 5.21. The average molecular weight is 333 g/mol. The quantitative estimate of drug-likeness (QED) is 0.421. The Labute approximate surface area is 139 Å². The number of ketones is 1. The van der Waals surface area contributed by atoms with Gasteiger partial charge in [-0.1, -0.05) is 20.8 Å². The standard InChI is InChI=1S/C16H31NO6/c1-4-16(19)17-5-6-20-7-8-21-9-10-22-11-12-23-13-15(18)14(2)3/h14H,4-13H2,1-3H3,(H,17,19). The van der Waals surface area contributed by atoms with Gasteiger partial charge in [-0.15, -0.1) is 0 Å². The molecule has 1 amide bonds. The van der Waals surface area contributed by atoms with E-state index in [4.69, 9.17) is 18.9 Å². The van der Waals surface area contributed by atoms with Crippen LogP contribution in [0.3, 0.4) is 0 Å². The number of nitrogens with one attached hydrogen (secondary N) is 1. The molecule has 7 nitrogen and oxygen atoms in total. The number of hydrogen-bond donors (Lipinski definition) is 1. The van der Waals surface area contributed by atoms with Crippen LogP contribution in [0, 0.1) is 5.92 Å². The maximum Gasteiger partial charge on any atom is 0.219 e. The fraction of sp³-hybridized carbons (Fsp3) is 0.875. The van der Waals surface area contributed by atoms with E-state index in [1.165, 1.54) is 0 Å². The number of hydrogen-bond acceptors (Lipinski definition) is 6. The van der Waals surface area contributed by atoms with Crippen molar-refractivity contribution < 1.29 is 28.5 Å². The Bertz CT molecular complexity index is 309. The third-order valence-corrected chi connectivity index (χ3v) is 2.89. The van der Waals surface area contributed by atoms with Gasteiger partial charge in [0.2, 0.25) is 5.91 Å². The van der Waals surface area contributed by atoms with Crippen LogP contribution in [-0.2, 0) is 28.5 Å². The molecule has 0 aliphatic carbocycles. The van der Waals surface area contributed by atoms with Crippen molar-refractivity contribution in [2.45, 2.75) is 27.2 Å². The normalized spacial score (nSPS) is 11.0. The molecule has 7 heteroatoms. The molecule has 0 aliphatic rings. The van der Waals surface area contributed by atoms with Gasteiger partial charge in [0.15, 0.2) is 5.78 Å². The summed E-state index contributed by atoms with van der Waals surface area (Å²) < 4.78 is 21.1. The predicted molar refractivity (Wildman–Crippen MR) is 86.4 cm³/mol. The number of amides is 1. The summed E-state index contributed by atoms with van der Waals surface area (Å²) in [6, 6.07) is 0. The van der Waals surface area contributed by atoms with Crippen LogP contribution in [0.1, 0.15) is 27.2 Å². The van der Waals surface area contributed by atoms with Crippen LogP contribution in [0.25, 0.3) is 0 Å². The maximum atomic E-state index is 11.3. The molecule has 0 aromatic carbocycles. The minimum absolute atomic E-state index is 0.00875. The summed E-state index contributed by atoms with van der Waals surface area (Å²) in [5.74, 6) is 0.136. The van der Waals surface area contributed by atoms with Crippen molar-refractivity contribution in [3.63, 3.8) is 0 Å². The zero-order valence-corrected chi connectivity index (χ0v) is 14.6. The summed E-state index contributed by atoms with van der Waals surface area (Å²) in [4.78, 5) is 22.2. The van der Waals surface area contributed by atoms with Gasteiger partial charge in [-0.25, -0.2) is 0 Å². The van der Waals surface area contributed by atoms with Crippen molar-refractivity contribution in [2.24, 2.45) is 5.92 Å². The average Bonchev–Trinajstić information content (AvgIpc) is 2.54. The molecule has 0 bridgehead atoms. The Balaban J connectivity index is 3.11. The van der Waals surface area contributed by atoms with Crippen molar-refractivity contribution >= 4 is 11.7 Å². The number of Topliss-reactive ketones (excluding diaryl/α,β-unsaturated/α-hetero) is 1. The number of rotatable bonds is 16. The van der Waals surface area contributed by atoms with Crippen LogP contribution >= 0.6 is 0 Å². The van der Waals surface area contributed by atoms with Crippen molar-refractivity contribution in [1.82, 2.24) is 5.32 Å². The number of carbonyl (C=O) groups is 2. The zero-order valence-electron chi connectivity index (χ0n) is 14.6. The Hall–Kier alpha value is -1.02. The predicted octanol–water partition coefficient (Wildman–Crippen LogP) is 0.804. The molecule has 0 aromatic rings.